The molecule has 1 rings (SSSR count). The predicted octanol–water partition coefficient (Wildman–Crippen LogP) is -0.234. The molecule has 0 aromatic carbocycles. The Morgan fingerprint density at radius 3 is 2.50 bits per heavy atom. The molecule has 1 atom stereocenters. The summed E-state index contributed by atoms with van der Waals surface area (Å²) in [6.45, 7) is 2.77. The van der Waals surface area contributed by atoms with Crippen LogP contribution in [0.25, 0.3) is 0 Å². The second-order valence-corrected chi connectivity index (χ2v) is 2.39. The van der Waals surface area contributed by atoms with E-state index in [1.807, 2.05) is 12.2 Å². The lowest BCUT2D eigenvalue weighted by molar-refractivity contribution is -0.137. The topological polar surface area (TPSA) is 40.5 Å². The number of amides is 1. The molecule has 1 aliphatic rings. The fourth-order valence-electron chi connectivity index (χ4n) is 0.922. The molecular formula is C7H11NO2. The monoisotopic (exact) mass is 141 g/mol. The maximum absolute atomic E-state index is 11.0. The summed E-state index contributed by atoms with van der Waals surface area (Å²) in [5.74, 6) is -0.190. The summed E-state index contributed by atoms with van der Waals surface area (Å²) in [6.07, 6.45) is 2.97. The zero-order valence-electron chi connectivity index (χ0n) is 5.95. The Bertz CT molecular complexity index is 155. The average molecular weight is 141 g/mol. The van der Waals surface area contributed by atoms with Crippen LogP contribution in [0.3, 0.4) is 0 Å². The van der Waals surface area contributed by atoms with E-state index in [4.69, 9.17) is 5.11 Å². The zero-order chi connectivity index (χ0) is 7.56. The first-order chi connectivity index (χ1) is 4.72. The average Bonchev–Trinajstić information content (AvgIpc) is 2.36. The van der Waals surface area contributed by atoms with Gasteiger partial charge in [-0.25, -0.2) is 0 Å². The maximum Gasteiger partial charge on any atom is 0.251 e. The molecule has 0 unspecified atom stereocenters. The highest BCUT2D eigenvalue weighted by molar-refractivity contribution is 5.80. The number of carbonyl (C=O) groups is 1. The van der Waals surface area contributed by atoms with Gasteiger partial charge in [-0.15, -0.1) is 0 Å². The molecule has 0 spiro atoms. The number of rotatable bonds is 1. The van der Waals surface area contributed by atoms with Crippen LogP contribution in [0.5, 0.6) is 0 Å². The largest absolute Gasteiger partial charge is 0.384 e. The van der Waals surface area contributed by atoms with E-state index in [0.29, 0.717) is 13.1 Å². The lowest BCUT2D eigenvalue weighted by Crippen LogP contribution is -2.35. The number of nitrogens with zero attached hydrogens (tertiary/aromatic N) is 1. The van der Waals surface area contributed by atoms with E-state index in [9.17, 15) is 4.79 Å². The highest BCUT2D eigenvalue weighted by atomic mass is 16.3. The van der Waals surface area contributed by atoms with Gasteiger partial charge in [0.2, 0.25) is 0 Å². The third-order valence-corrected chi connectivity index (χ3v) is 1.49. The summed E-state index contributed by atoms with van der Waals surface area (Å²) >= 11 is 0. The summed E-state index contributed by atoms with van der Waals surface area (Å²) in [4.78, 5) is 12.6. The molecule has 0 fully saturated rings. The van der Waals surface area contributed by atoms with Gasteiger partial charge in [0.05, 0.1) is 0 Å². The van der Waals surface area contributed by atoms with Crippen LogP contribution < -0.4 is 0 Å². The van der Waals surface area contributed by atoms with Crippen molar-refractivity contribution in [2.24, 2.45) is 0 Å². The molecule has 1 heterocycles. The molecule has 1 amide bonds. The van der Waals surface area contributed by atoms with Gasteiger partial charge in [-0.2, -0.15) is 0 Å². The van der Waals surface area contributed by atoms with Gasteiger partial charge < -0.3 is 10.0 Å². The summed E-state index contributed by atoms with van der Waals surface area (Å²) in [5.41, 5.74) is 0. The van der Waals surface area contributed by atoms with Crippen molar-refractivity contribution in [1.82, 2.24) is 4.90 Å². The van der Waals surface area contributed by atoms with Crippen LogP contribution in [0.15, 0.2) is 12.2 Å². The van der Waals surface area contributed by atoms with Crippen molar-refractivity contribution in [3.63, 3.8) is 0 Å². The Hall–Kier alpha value is -0.830. The van der Waals surface area contributed by atoms with Crippen molar-refractivity contribution in [2.45, 2.75) is 13.0 Å². The molecular weight excluding hydrogens is 130 g/mol. The Balaban J connectivity index is 2.43. The van der Waals surface area contributed by atoms with Crippen molar-refractivity contribution >= 4 is 5.91 Å². The minimum absolute atomic E-state index is 0.190. The van der Waals surface area contributed by atoms with Crippen LogP contribution in [0.4, 0.5) is 0 Å². The summed E-state index contributed by atoms with van der Waals surface area (Å²) in [7, 11) is 0. The Labute approximate surface area is 59.9 Å². The van der Waals surface area contributed by atoms with Gasteiger partial charge in [-0.05, 0) is 6.92 Å². The van der Waals surface area contributed by atoms with Gasteiger partial charge in [0, 0.05) is 13.1 Å². The molecule has 0 aromatic rings. The van der Waals surface area contributed by atoms with Gasteiger partial charge in [-0.3, -0.25) is 4.79 Å². The highest BCUT2D eigenvalue weighted by Crippen LogP contribution is 2.01. The van der Waals surface area contributed by atoms with Crippen LogP contribution in [-0.2, 0) is 4.79 Å². The molecule has 0 radical (unpaired) electrons. The Morgan fingerprint density at radius 1 is 1.60 bits per heavy atom. The number of aliphatic hydroxyl groups is 1. The number of hydrogen-bond acceptors (Lipinski definition) is 2. The first-order valence-electron chi connectivity index (χ1n) is 3.33. The minimum atomic E-state index is -0.861. The highest BCUT2D eigenvalue weighted by Gasteiger charge is 2.17. The van der Waals surface area contributed by atoms with Crippen molar-refractivity contribution in [3.8, 4) is 0 Å². The smallest absolute Gasteiger partial charge is 0.251 e. The summed E-state index contributed by atoms with van der Waals surface area (Å²) in [5, 5.41) is 8.86. The van der Waals surface area contributed by atoms with E-state index in [-0.39, 0.29) is 5.91 Å². The number of aliphatic hydroxyl groups excluding tert-OH is 1. The van der Waals surface area contributed by atoms with Gasteiger partial charge in [0.1, 0.15) is 6.10 Å². The fourth-order valence-corrected chi connectivity index (χ4v) is 0.922. The molecule has 0 aliphatic carbocycles. The molecule has 3 nitrogen and oxygen atoms in total. The lowest BCUT2D eigenvalue weighted by atomic mass is 10.3. The van der Waals surface area contributed by atoms with Crippen LogP contribution in [-0.4, -0.2) is 35.1 Å². The fraction of sp³-hybridized carbons (Fsp3) is 0.571. The maximum atomic E-state index is 11.0. The van der Waals surface area contributed by atoms with Crippen LogP contribution >= 0.6 is 0 Å². The first kappa shape index (κ1) is 7.28. The first-order valence-corrected chi connectivity index (χ1v) is 3.33. The van der Waals surface area contributed by atoms with Crippen LogP contribution in [0.1, 0.15) is 6.92 Å². The van der Waals surface area contributed by atoms with Gasteiger partial charge in [-0.1, -0.05) is 12.2 Å². The van der Waals surface area contributed by atoms with E-state index >= 15 is 0 Å². The molecule has 0 bridgehead atoms. The molecule has 3 heteroatoms. The van der Waals surface area contributed by atoms with E-state index in [0.717, 1.165) is 0 Å². The van der Waals surface area contributed by atoms with Gasteiger partial charge in [0.15, 0.2) is 0 Å². The third kappa shape index (κ3) is 1.36. The van der Waals surface area contributed by atoms with Crippen molar-refractivity contribution in [1.29, 1.82) is 0 Å². The summed E-state index contributed by atoms with van der Waals surface area (Å²) in [6, 6.07) is 0. The minimum Gasteiger partial charge on any atom is -0.384 e. The van der Waals surface area contributed by atoms with E-state index < -0.39 is 6.10 Å². The Morgan fingerprint density at radius 2 is 2.10 bits per heavy atom. The second kappa shape index (κ2) is 2.84. The number of carbonyl (C=O) groups excluding carboxylic acids is 1. The second-order valence-electron chi connectivity index (χ2n) is 2.39. The van der Waals surface area contributed by atoms with Crippen molar-refractivity contribution in [3.05, 3.63) is 12.2 Å². The molecule has 0 saturated carbocycles. The Kier molecular flexibility index (Phi) is 2.06. The van der Waals surface area contributed by atoms with Crippen LogP contribution in [0, 0.1) is 0 Å². The normalized spacial score (nSPS) is 19.6. The third-order valence-electron chi connectivity index (χ3n) is 1.49. The molecule has 0 saturated heterocycles. The molecule has 10 heavy (non-hydrogen) atoms. The van der Waals surface area contributed by atoms with E-state index in [1.165, 1.54) is 6.92 Å². The molecule has 1 aliphatic heterocycles. The van der Waals surface area contributed by atoms with E-state index in [1.54, 1.807) is 4.90 Å². The molecule has 1 N–H and O–H groups in total. The zero-order valence-corrected chi connectivity index (χ0v) is 5.95. The lowest BCUT2D eigenvalue weighted by Gasteiger charge is -2.16. The predicted molar refractivity (Wildman–Crippen MR) is 37.4 cm³/mol. The van der Waals surface area contributed by atoms with Gasteiger partial charge >= 0.3 is 0 Å². The molecule has 0 aromatic heterocycles. The SMILES string of the molecule is C[C@H](O)C(=O)N1CC=CC1. The quantitative estimate of drug-likeness (QED) is 0.512. The van der Waals surface area contributed by atoms with Crippen molar-refractivity contribution in [2.75, 3.05) is 13.1 Å². The van der Waals surface area contributed by atoms with Crippen molar-refractivity contribution < 1.29 is 9.90 Å². The van der Waals surface area contributed by atoms with Gasteiger partial charge in [0.25, 0.3) is 5.91 Å². The summed E-state index contributed by atoms with van der Waals surface area (Å²) < 4.78 is 0. The number of hydrogen-bond donors (Lipinski definition) is 1. The van der Waals surface area contributed by atoms with Crippen LogP contribution in [0.2, 0.25) is 0 Å². The van der Waals surface area contributed by atoms with E-state index in [2.05, 4.69) is 0 Å². The standard InChI is InChI=1S/C7H11NO2/c1-6(9)7(10)8-4-2-3-5-8/h2-3,6,9H,4-5H2,1H3/t6-/m0/s1. The molecule has 56 valence electrons.